The Bertz CT molecular complexity index is 728. The van der Waals surface area contributed by atoms with Gasteiger partial charge < -0.3 is 25.1 Å². The number of nitrogens with one attached hydrogen (secondary N) is 1. The van der Waals surface area contributed by atoms with Crippen molar-refractivity contribution in [2.24, 2.45) is 10.7 Å². The van der Waals surface area contributed by atoms with Gasteiger partial charge in [-0.25, -0.2) is 0 Å². The van der Waals surface area contributed by atoms with Gasteiger partial charge in [-0.15, -0.1) is 0 Å². The lowest BCUT2D eigenvalue weighted by atomic mass is 9.79. The van der Waals surface area contributed by atoms with Crippen molar-refractivity contribution in [3.05, 3.63) is 35.7 Å². The molecule has 0 unspecified atom stereocenters. The van der Waals surface area contributed by atoms with Crippen LogP contribution in [-0.4, -0.2) is 44.6 Å². The van der Waals surface area contributed by atoms with Crippen LogP contribution in [0.4, 0.5) is 5.69 Å². The fraction of sp³-hybridized carbons (Fsp3) is 0.444. The smallest absolute Gasteiger partial charge is 0.482 e. The van der Waals surface area contributed by atoms with Gasteiger partial charge >= 0.3 is 7.12 Å². The van der Waals surface area contributed by atoms with Crippen molar-refractivity contribution in [1.82, 2.24) is 0 Å². The number of amides is 1. The molecule has 0 aromatic heterocycles. The fourth-order valence-corrected chi connectivity index (χ4v) is 2.41. The molecular formula is C18H26BN3O4. The van der Waals surface area contributed by atoms with Crippen molar-refractivity contribution in [3.63, 3.8) is 0 Å². The van der Waals surface area contributed by atoms with Gasteiger partial charge in [0.15, 0.2) is 5.88 Å². The Kier molecular flexibility index (Phi) is 5.78. The molecule has 0 atom stereocenters. The first-order chi connectivity index (χ1) is 12.1. The van der Waals surface area contributed by atoms with Gasteiger partial charge in [-0.1, -0.05) is 12.1 Å². The molecular weight excluding hydrogens is 333 g/mol. The quantitative estimate of drug-likeness (QED) is 0.359. The Morgan fingerprint density at radius 3 is 2.42 bits per heavy atom. The largest absolute Gasteiger partial charge is 0.494 e. The van der Waals surface area contributed by atoms with Gasteiger partial charge in [0.05, 0.1) is 18.3 Å². The van der Waals surface area contributed by atoms with E-state index in [1.165, 1.54) is 13.3 Å². The lowest BCUT2D eigenvalue weighted by Gasteiger charge is -2.32. The minimum atomic E-state index is -0.506. The number of anilines is 1. The predicted molar refractivity (Wildman–Crippen MR) is 103 cm³/mol. The number of rotatable bonds is 5. The van der Waals surface area contributed by atoms with Gasteiger partial charge in [0, 0.05) is 18.9 Å². The number of hydrogen-bond donors (Lipinski definition) is 2. The van der Waals surface area contributed by atoms with Crippen LogP contribution in [0.1, 0.15) is 27.7 Å². The number of ether oxygens (including phenoxy) is 1. The number of nitrogens with two attached hydrogens (primary N) is 1. The van der Waals surface area contributed by atoms with Crippen LogP contribution in [0.25, 0.3) is 0 Å². The van der Waals surface area contributed by atoms with Crippen molar-refractivity contribution in [2.45, 2.75) is 38.9 Å². The Balaban J connectivity index is 2.22. The predicted octanol–water partition coefficient (Wildman–Crippen LogP) is 1.44. The highest BCUT2D eigenvalue weighted by molar-refractivity contribution is 6.62. The van der Waals surface area contributed by atoms with Crippen LogP contribution < -0.4 is 16.5 Å². The average molecular weight is 359 g/mol. The van der Waals surface area contributed by atoms with E-state index in [-0.39, 0.29) is 11.5 Å². The molecule has 7 nitrogen and oxygen atoms in total. The summed E-state index contributed by atoms with van der Waals surface area (Å²) in [5.74, 6) is -0.420. The van der Waals surface area contributed by atoms with E-state index in [0.29, 0.717) is 5.69 Å². The molecule has 1 aromatic rings. The molecule has 8 heteroatoms. The standard InChI is InChI=1S/C18H26BN3O4/c1-17(2)18(3,4)26-19(25-17)12-8-7-9-13(10-12)22-16(23)14(11-21-5)15(20)24-6/h7-11H,20H2,1-6H3,(H,22,23)/b15-14-,21-11?. The minimum absolute atomic E-state index is 0.00443. The number of carbonyl (C=O) groups is 1. The Hall–Kier alpha value is -2.32. The first-order valence-electron chi connectivity index (χ1n) is 8.34. The monoisotopic (exact) mass is 359 g/mol. The number of benzene rings is 1. The molecule has 26 heavy (non-hydrogen) atoms. The number of carbonyl (C=O) groups excluding carboxylic acids is 1. The molecule has 1 heterocycles. The molecule has 0 radical (unpaired) electrons. The summed E-state index contributed by atoms with van der Waals surface area (Å²) in [6.45, 7) is 7.97. The van der Waals surface area contributed by atoms with E-state index in [1.807, 2.05) is 45.9 Å². The zero-order chi connectivity index (χ0) is 19.5. The highest BCUT2D eigenvalue weighted by Crippen LogP contribution is 2.36. The third kappa shape index (κ3) is 4.08. The van der Waals surface area contributed by atoms with Crippen LogP contribution in [0, 0.1) is 0 Å². The van der Waals surface area contributed by atoms with Crippen LogP contribution in [0.15, 0.2) is 40.7 Å². The molecule has 0 bridgehead atoms. The van der Waals surface area contributed by atoms with E-state index in [2.05, 4.69) is 10.3 Å². The van der Waals surface area contributed by atoms with Crippen LogP contribution >= 0.6 is 0 Å². The molecule has 1 amide bonds. The summed E-state index contributed by atoms with van der Waals surface area (Å²) in [6.07, 6.45) is 1.35. The van der Waals surface area contributed by atoms with Crippen molar-refractivity contribution in [2.75, 3.05) is 19.5 Å². The van der Waals surface area contributed by atoms with E-state index >= 15 is 0 Å². The third-order valence-corrected chi connectivity index (χ3v) is 4.66. The Labute approximate surface area is 154 Å². The van der Waals surface area contributed by atoms with Gasteiger partial charge in [-0.2, -0.15) is 0 Å². The molecule has 2 rings (SSSR count). The van der Waals surface area contributed by atoms with Crippen LogP contribution in [0.5, 0.6) is 0 Å². The van der Waals surface area contributed by atoms with Gasteiger partial charge in [0.2, 0.25) is 0 Å². The van der Waals surface area contributed by atoms with Crippen molar-refractivity contribution >= 4 is 30.4 Å². The first kappa shape index (κ1) is 20.0. The fourth-order valence-electron chi connectivity index (χ4n) is 2.41. The van der Waals surface area contributed by atoms with E-state index < -0.39 is 24.2 Å². The van der Waals surface area contributed by atoms with Crippen LogP contribution in [0.2, 0.25) is 0 Å². The molecule has 140 valence electrons. The average Bonchev–Trinajstić information content (AvgIpc) is 2.80. The second kappa shape index (κ2) is 7.51. The second-order valence-electron chi connectivity index (χ2n) is 7.04. The van der Waals surface area contributed by atoms with Crippen molar-refractivity contribution < 1.29 is 18.8 Å². The first-order valence-corrected chi connectivity index (χ1v) is 8.34. The maximum atomic E-state index is 12.5. The Morgan fingerprint density at radius 1 is 1.27 bits per heavy atom. The van der Waals surface area contributed by atoms with Crippen molar-refractivity contribution in [3.8, 4) is 0 Å². The summed E-state index contributed by atoms with van der Waals surface area (Å²) in [4.78, 5) is 16.3. The number of aliphatic imine (C=N–C) groups is 1. The Morgan fingerprint density at radius 2 is 1.88 bits per heavy atom. The highest BCUT2D eigenvalue weighted by atomic mass is 16.7. The summed E-state index contributed by atoms with van der Waals surface area (Å²) in [6, 6.07) is 7.30. The summed E-state index contributed by atoms with van der Waals surface area (Å²) in [5.41, 5.74) is 6.40. The summed E-state index contributed by atoms with van der Waals surface area (Å²) in [7, 11) is 2.44. The topological polar surface area (TPSA) is 95.2 Å². The second-order valence-corrected chi connectivity index (χ2v) is 7.04. The number of methoxy groups -OCH3 is 1. The van der Waals surface area contributed by atoms with E-state index in [1.54, 1.807) is 13.1 Å². The molecule has 1 aliphatic heterocycles. The maximum Gasteiger partial charge on any atom is 0.494 e. The zero-order valence-corrected chi connectivity index (χ0v) is 16.1. The van der Waals surface area contributed by atoms with Gasteiger partial charge in [0.25, 0.3) is 5.91 Å². The number of hydrogen-bond acceptors (Lipinski definition) is 6. The van der Waals surface area contributed by atoms with Gasteiger partial charge in [-0.05, 0) is 45.3 Å². The maximum absolute atomic E-state index is 12.5. The molecule has 1 aromatic carbocycles. The van der Waals surface area contributed by atoms with Gasteiger partial charge in [-0.3, -0.25) is 9.79 Å². The van der Waals surface area contributed by atoms with E-state index in [4.69, 9.17) is 19.8 Å². The third-order valence-electron chi connectivity index (χ3n) is 4.66. The normalized spacial score (nSPS) is 19.4. The van der Waals surface area contributed by atoms with Gasteiger partial charge in [0.1, 0.15) is 5.57 Å². The summed E-state index contributed by atoms with van der Waals surface area (Å²) >= 11 is 0. The van der Waals surface area contributed by atoms with Crippen molar-refractivity contribution in [1.29, 1.82) is 0 Å². The molecule has 0 saturated carbocycles. The van der Waals surface area contributed by atoms with Crippen LogP contribution in [0.3, 0.4) is 0 Å². The lowest BCUT2D eigenvalue weighted by molar-refractivity contribution is -0.112. The molecule has 1 saturated heterocycles. The molecule has 1 fully saturated rings. The lowest BCUT2D eigenvalue weighted by Crippen LogP contribution is -2.41. The molecule has 0 aliphatic carbocycles. The summed E-state index contributed by atoms with van der Waals surface area (Å²) in [5, 5.41) is 2.79. The summed E-state index contributed by atoms with van der Waals surface area (Å²) < 4.78 is 17.0. The number of nitrogens with zero attached hydrogens (tertiary/aromatic N) is 1. The molecule has 3 N–H and O–H groups in total. The zero-order valence-electron chi connectivity index (χ0n) is 16.1. The SMILES string of the molecule is CN=C/C(C(=O)Nc1cccc(B2OC(C)(C)C(C)(C)O2)c1)=C(\N)OC. The molecule has 0 spiro atoms. The minimum Gasteiger partial charge on any atom is -0.482 e. The van der Waals surface area contributed by atoms with E-state index in [0.717, 1.165) is 5.46 Å². The van der Waals surface area contributed by atoms with Crippen LogP contribution in [-0.2, 0) is 18.8 Å². The molecule has 1 aliphatic rings. The van der Waals surface area contributed by atoms with E-state index in [9.17, 15) is 4.79 Å². The highest BCUT2D eigenvalue weighted by Gasteiger charge is 2.51.